The first kappa shape index (κ1) is 16.5. The van der Waals surface area contributed by atoms with Crippen LogP contribution in [0.4, 0.5) is 13.2 Å². The minimum Gasteiger partial charge on any atom is -0.439 e. The van der Waals surface area contributed by atoms with E-state index in [9.17, 15) is 13.2 Å². The molecule has 0 spiro atoms. The zero-order valence-corrected chi connectivity index (χ0v) is 12.9. The van der Waals surface area contributed by atoms with Crippen LogP contribution in [-0.2, 0) is 6.18 Å². The molecule has 3 rings (SSSR count). The third-order valence-electron chi connectivity index (χ3n) is 3.88. The van der Waals surface area contributed by atoms with E-state index in [0.29, 0.717) is 5.75 Å². The van der Waals surface area contributed by atoms with Gasteiger partial charge in [-0.2, -0.15) is 13.2 Å². The van der Waals surface area contributed by atoms with Gasteiger partial charge in [0.1, 0.15) is 5.75 Å². The van der Waals surface area contributed by atoms with Crippen molar-refractivity contribution in [1.29, 1.82) is 0 Å². The molecule has 1 aromatic heterocycles. The first-order valence-electron chi connectivity index (χ1n) is 7.66. The van der Waals surface area contributed by atoms with Gasteiger partial charge in [0.15, 0.2) is 0 Å². The van der Waals surface area contributed by atoms with Crippen molar-refractivity contribution in [2.75, 3.05) is 0 Å². The Morgan fingerprint density at radius 3 is 2.67 bits per heavy atom. The third-order valence-corrected chi connectivity index (χ3v) is 3.88. The number of rotatable bonds is 3. The second kappa shape index (κ2) is 6.65. The predicted molar refractivity (Wildman–Crippen MR) is 85.6 cm³/mol. The van der Waals surface area contributed by atoms with Gasteiger partial charge in [-0.25, -0.2) is 4.98 Å². The van der Waals surface area contributed by atoms with Crippen molar-refractivity contribution in [3.63, 3.8) is 0 Å². The van der Waals surface area contributed by atoms with Gasteiger partial charge in [-0.1, -0.05) is 23.8 Å². The van der Waals surface area contributed by atoms with Gasteiger partial charge in [0, 0.05) is 18.3 Å². The van der Waals surface area contributed by atoms with Crippen LogP contribution < -0.4 is 10.5 Å². The quantitative estimate of drug-likeness (QED) is 0.878. The number of hydrogen-bond donors (Lipinski definition) is 1. The molecular weight excluding hydrogens is 317 g/mol. The molecule has 1 aromatic carbocycles. The van der Waals surface area contributed by atoms with Crippen LogP contribution in [-0.4, -0.2) is 11.0 Å². The fourth-order valence-corrected chi connectivity index (χ4v) is 2.68. The van der Waals surface area contributed by atoms with Crippen LogP contribution in [0, 0.1) is 0 Å². The molecule has 0 bridgehead atoms. The average molecular weight is 334 g/mol. The number of benzene rings is 1. The van der Waals surface area contributed by atoms with E-state index in [1.54, 1.807) is 6.07 Å². The van der Waals surface area contributed by atoms with E-state index in [0.717, 1.165) is 37.1 Å². The average Bonchev–Trinajstić information content (AvgIpc) is 2.92. The minimum atomic E-state index is -4.40. The summed E-state index contributed by atoms with van der Waals surface area (Å²) in [6, 6.07) is 9.74. The lowest BCUT2D eigenvalue weighted by atomic mass is 10.1. The second-order valence-corrected chi connectivity index (χ2v) is 5.86. The number of nitrogens with zero attached hydrogens (tertiary/aromatic N) is 1. The van der Waals surface area contributed by atoms with Crippen LogP contribution in [0.25, 0.3) is 6.08 Å². The predicted octanol–water partition coefficient (Wildman–Crippen LogP) is 4.79. The standard InChI is InChI=1S/C18H17F3N2O/c19-18(20,21)14-5-7-17(23-11-14)24-16-3-1-2-12(10-16)8-13-4-6-15(22)9-13/h1-3,5,7-8,10-11,15H,4,6,9,22H2/b13-8+/t15-/m0/s1. The molecule has 1 aliphatic carbocycles. The highest BCUT2D eigenvalue weighted by Crippen LogP contribution is 2.30. The lowest BCUT2D eigenvalue weighted by molar-refractivity contribution is -0.137. The molecule has 1 atom stereocenters. The zero-order valence-electron chi connectivity index (χ0n) is 12.9. The number of alkyl halides is 3. The molecule has 1 heterocycles. The van der Waals surface area contributed by atoms with E-state index in [-0.39, 0.29) is 11.9 Å². The van der Waals surface area contributed by atoms with Crippen LogP contribution in [0.3, 0.4) is 0 Å². The van der Waals surface area contributed by atoms with Gasteiger partial charge in [-0.3, -0.25) is 0 Å². The third kappa shape index (κ3) is 4.14. The zero-order chi connectivity index (χ0) is 17.2. The Kier molecular flexibility index (Phi) is 4.57. The van der Waals surface area contributed by atoms with E-state index in [1.807, 2.05) is 18.2 Å². The van der Waals surface area contributed by atoms with Gasteiger partial charge >= 0.3 is 6.18 Å². The Hall–Kier alpha value is -2.34. The van der Waals surface area contributed by atoms with Crippen molar-refractivity contribution in [2.45, 2.75) is 31.5 Å². The molecule has 1 saturated carbocycles. The first-order valence-corrected chi connectivity index (χ1v) is 7.66. The second-order valence-electron chi connectivity index (χ2n) is 5.86. The van der Waals surface area contributed by atoms with Crippen LogP contribution in [0.15, 0.2) is 48.2 Å². The largest absolute Gasteiger partial charge is 0.439 e. The Balaban J connectivity index is 1.73. The molecule has 0 radical (unpaired) electrons. The number of aromatic nitrogens is 1. The highest BCUT2D eigenvalue weighted by atomic mass is 19.4. The Bertz CT molecular complexity index is 739. The maximum atomic E-state index is 12.5. The Morgan fingerprint density at radius 2 is 2.04 bits per heavy atom. The van der Waals surface area contributed by atoms with Crippen molar-refractivity contribution in [2.24, 2.45) is 5.73 Å². The summed E-state index contributed by atoms with van der Waals surface area (Å²) in [5.41, 5.74) is 7.37. The number of halogens is 3. The smallest absolute Gasteiger partial charge is 0.417 e. The SMILES string of the molecule is N[C@H]1CC/C(=C\c2cccc(Oc3ccc(C(F)(F)F)cn3)c2)C1. The lowest BCUT2D eigenvalue weighted by Crippen LogP contribution is -2.13. The molecule has 6 heteroatoms. The normalized spacial score (nSPS) is 19.7. The van der Waals surface area contributed by atoms with Gasteiger partial charge in [0.25, 0.3) is 0 Å². The lowest BCUT2D eigenvalue weighted by Gasteiger charge is -2.08. The van der Waals surface area contributed by atoms with Gasteiger partial charge in [-0.05, 0) is 43.0 Å². The van der Waals surface area contributed by atoms with Crippen LogP contribution in [0.5, 0.6) is 11.6 Å². The van der Waals surface area contributed by atoms with E-state index < -0.39 is 11.7 Å². The summed E-state index contributed by atoms with van der Waals surface area (Å²) in [5.74, 6) is 0.648. The number of nitrogens with two attached hydrogens (primary N) is 1. The molecular formula is C18H17F3N2O. The molecule has 1 aliphatic rings. The van der Waals surface area contributed by atoms with Crippen LogP contribution in [0.1, 0.15) is 30.4 Å². The highest BCUT2D eigenvalue weighted by Gasteiger charge is 2.30. The number of pyridine rings is 1. The van der Waals surface area contributed by atoms with Crippen LogP contribution >= 0.6 is 0 Å². The van der Waals surface area contributed by atoms with Crippen LogP contribution in [0.2, 0.25) is 0 Å². The monoisotopic (exact) mass is 334 g/mol. The molecule has 1 fully saturated rings. The summed E-state index contributed by atoms with van der Waals surface area (Å²) in [6.07, 6.45) is 1.33. The molecule has 3 nitrogen and oxygen atoms in total. The van der Waals surface area contributed by atoms with E-state index >= 15 is 0 Å². The maximum absolute atomic E-state index is 12.5. The molecule has 0 unspecified atom stereocenters. The molecule has 0 amide bonds. The molecule has 2 aromatic rings. The molecule has 2 N–H and O–H groups in total. The Morgan fingerprint density at radius 1 is 1.21 bits per heavy atom. The minimum absolute atomic E-state index is 0.121. The summed E-state index contributed by atoms with van der Waals surface area (Å²) in [6.45, 7) is 0. The molecule has 24 heavy (non-hydrogen) atoms. The maximum Gasteiger partial charge on any atom is 0.417 e. The molecule has 0 saturated heterocycles. The van der Waals surface area contributed by atoms with Crippen molar-refractivity contribution in [3.05, 3.63) is 59.3 Å². The van der Waals surface area contributed by atoms with Crippen molar-refractivity contribution in [3.8, 4) is 11.6 Å². The highest BCUT2D eigenvalue weighted by molar-refractivity contribution is 5.55. The Labute approximate surface area is 138 Å². The van der Waals surface area contributed by atoms with E-state index in [1.165, 1.54) is 11.6 Å². The number of ether oxygens (including phenoxy) is 1. The fourth-order valence-electron chi connectivity index (χ4n) is 2.68. The van der Waals surface area contributed by atoms with Gasteiger partial charge < -0.3 is 10.5 Å². The van der Waals surface area contributed by atoms with Crippen molar-refractivity contribution < 1.29 is 17.9 Å². The number of hydrogen-bond acceptors (Lipinski definition) is 3. The fraction of sp³-hybridized carbons (Fsp3) is 0.278. The van der Waals surface area contributed by atoms with Crippen molar-refractivity contribution >= 4 is 6.08 Å². The molecule has 0 aliphatic heterocycles. The first-order chi connectivity index (χ1) is 11.4. The van der Waals surface area contributed by atoms with Gasteiger partial charge in [-0.15, -0.1) is 0 Å². The van der Waals surface area contributed by atoms with Gasteiger partial charge in [0.2, 0.25) is 5.88 Å². The van der Waals surface area contributed by atoms with E-state index in [4.69, 9.17) is 10.5 Å². The summed E-state index contributed by atoms with van der Waals surface area (Å²) < 4.78 is 43.1. The summed E-state index contributed by atoms with van der Waals surface area (Å²) in [5, 5.41) is 0. The summed E-state index contributed by atoms with van der Waals surface area (Å²) >= 11 is 0. The summed E-state index contributed by atoms with van der Waals surface area (Å²) in [7, 11) is 0. The molecule has 126 valence electrons. The van der Waals surface area contributed by atoms with E-state index in [2.05, 4.69) is 11.1 Å². The van der Waals surface area contributed by atoms with Crippen molar-refractivity contribution in [1.82, 2.24) is 4.98 Å². The topological polar surface area (TPSA) is 48.1 Å². The summed E-state index contributed by atoms with van der Waals surface area (Å²) in [4.78, 5) is 3.71. The van der Waals surface area contributed by atoms with Gasteiger partial charge in [0.05, 0.1) is 5.56 Å².